The largest absolute Gasteiger partial charge is 0.508 e. The summed E-state index contributed by atoms with van der Waals surface area (Å²) < 4.78 is 11.1. The SMILES string of the molecule is CCc1cccc(CCCC(O)COc2cccc3c2C(O)=CC(C(=O)O)O3)c1/C(O)=C\C(C)C(=O)O. The second kappa shape index (κ2) is 12.3. The van der Waals surface area contributed by atoms with Crippen molar-refractivity contribution in [2.45, 2.75) is 51.7 Å². The predicted octanol–water partition coefficient (Wildman–Crippen LogP) is 4.38. The zero-order valence-electron chi connectivity index (χ0n) is 20.8. The highest BCUT2D eigenvalue weighted by molar-refractivity contribution is 5.82. The van der Waals surface area contributed by atoms with Crippen molar-refractivity contribution in [3.63, 3.8) is 0 Å². The third-order valence-electron chi connectivity index (χ3n) is 6.14. The molecule has 9 heteroatoms. The van der Waals surface area contributed by atoms with Gasteiger partial charge in [0.2, 0.25) is 6.10 Å². The van der Waals surface area contributed by atoms with Crippen LogP contribution in [0.3, 0.4) is 0 Å². The van der Waals surface area contributed by atoms with Crippen LogP contribution >= 0.6 is 0 Å². The average Bonchev–Trinajstić information content (AvgIpc) is 2.86. The van der Waals surface area contributed by atoms with Crippen molar-refractivity contribution >= 4 is 23.5 Å². The lowest BCUT2D eigenvalue weighted by atomic mass is 9.93. The van der Waals surface area contributed by atoms with Crippen LogP contribution in [-0.4, -0.2) is 56.3 Å². The molecule has 9 nitrogen and oxygen atoms in total. The summed E-state index contributed by atoms with van der Waals surface area (Å²) in [6, 6.07) is 10.4. The number of ether oxygens (including phenoxy) is 2. The standard InChI is InChI=1S/C28H32O9/c1-3-17-7-4-8-18(25(17)20(30)13-16(2)27(32)33)9-5-10-19(29)15-36-22-11-6-12-23-26(22)21(31)14-24(37-23)28(34)35/h4,6-8,11-14,16,19,24,29-31H,3,5,9-10,15H2,1-2H3,(H,32,33)(H,34,35)/b20-13+. The first-order valence-electron chi connectivity index (χ1n) is 12.1. The Morgan fingerprint density at radius 3 is 2.49 bits per heavy atom. The molecular weight excluding hydrogens is 480 g/mol. The number of benzene rings is 2. The van der Waals surface area contributed by atoms with Crippen molar-refractivity contribution in [1.82, 2.24) is 0 Å². The summed E-state index contributed by atoms with van der Waals surface area (Å²) in [5, 5.41) is 49.8. The zero-order chi connectivity index (χ0) is 27.1. The lowest BCUT2D eigenvalue weighted by Gasteiger charge is -2.23. The highest BCUT2D eigenvalue weighted by Crippen LogP contribution is 2.37. The first-order chi connectivity index (χ1) is 17.6. The third kappa shape index (κ3) is 6.83. The molecule has 0 aliphatic carbocycles. The van der Waals surface area contributed by atoms with E-state index in [9.17, 15) is 30.0 Å². The normalized spacial score (nSPS) is 16.7. The van der Waals surface area contributed by atoms with Gasteiger partial charge in [0.1, 0.15) is 35.2 Å². The van der Waals surface area contributed by atoms with Gasteiger partial charge in [0, 0.05) is 11.6 Å². The summed E-state index contributed by atoms with van der Waals surface area (Å²) in [5.74, 6) is -3.00. The number of carboxylic acids is 2. The summed E-state index contributed by atoms with van der Waals surface area (Å²) in [4.78, 5) is 22.4. The topological polar surface area (TPSA) is 154 Å². The van der Waals surface area contributed by atoms with Gasteiger partial charge in [-0.05, 0) is 61.9 Å². The van der Waals surface area contributed by atoms with Gasteiger partial charge >= 0.3 is 11.9 Å². The van der Waals surface area contributed by atoms with Crippen molar-refractivity contribution in [3.05, 3.63) is 70.8 Å². The molecule has 5 N–H and O–H groups in total. The van der Waals surface area contributed by atoms with E-state index >= 15 is 0 Å². The zero-order valence-corrected chi connectivity index (χ0v) is 20.8. The van der Waals surface area contributed by atoms with Crippen LogP contribution < -0.4 is 9.47 Å². The number of fused-ring (bicyclic) bond motifs is 1. The summed E-state index contributed by atoms with van der Waals surface area (Å²) in [5.41, 5.74) is 2.62. The molecular formula is C28H32O9. The Kier molecular flexibility index (Phi) is 9.19. The van der Waals surface area contributed by atoms with E-state index < -0.39 is 30.1 Å². The molecule has 3 rings (SSSR count). The molecule has 1 heterocycles. The number of aliphatic hydroxyl groups is 3. The molecule has 0 fully saturated rings. The minimum absolute atomic E-state index is 0.0603. The van der Waals surface area contributed by atoms with Gasteiger partial charge in [0.05, 0.1) is 12.0 Å². The number of aryl methyl sites for hydroxylation is 2. The molecule has 2 aromatic carbocycles. The third-order valence-corrected chi connectivity index (χ3v) is 6.14. The van der Waals surface area contributed by atoms with Gasteiger partial charge in [-0.2, -0.15) is 0 Å². The molecule has 1 aliphatic rings. The van der Waals surface area contributed by atoms with Crippen LogP contribution in [0.4, 0.5) is 0 Å². The molecule has 2 aromatic rings. The van der Waals surface area contributed by atoms with Crippen molar-refractivity contribution in [1.29, 1.82) is 0 Å². The van der Waals surface area contributed by atoms with Gasteiger partial charge in [-0.25, -0.2) is 4.79 Å². The molecule has 1 aliphatic heterocycles. The molecule has 0 amide bonds. The Morgan fingerprint density at radius 1 is 1.11 bits per heavy atom. The smallest absolute Gasteiger partial charge is 0.349 e. The molecule has 0 radical (unpaired) electrons. The number of carboxylic acid groups (broad SMARTS) is 2. The average molecular weight is 513 g/mol. The fourth-order valence-electron chi connectivity index (χ4n) is 4.18. The van der Waals surface area contributed by atoms with E-state index in [1.54, 1.807) is 12.1 Å². The minimum Gasteiger partial charge on any atom is -0.508 e. The van der Waals surface area contributed by atoms with Crippen LogP contribution in [-0.2, 0) is 22.4 Å². The number of aliphatic hydroxyl groups excluding tert-OH is 3. The summed E-state index contributed by atoms with van der Waals surface area (Å²) in [7, 11) is 0. The molecule has 0 saturated heterocycles. The highest BCUT2D eigenvalue weighted by Gasteiger charge is 2.28. The maximum absolute atomic E-state index is 11.2. The number of rotatable bonds is 12. The van der Waals surface area contributed by atoms with Crippen LogP contribution in [0.15, 0.2) is 48.6 Å². The molecule has 0 saturated carbocycles. The van der Waals surface area contributed by atoms with E-state index in [-0.39, 0.29) is 35.2 Å². The minimum atomic E-state index is -1.30. The molecule has 0 bridgehead atoms. The van der Waals surface area contributed by atoms with E-state index in [0.29, 0.717) is 31.2 Å². The first-order valence-corrected chi connectivity index (χ1v) is 12.1. The van der Waals surface area contributed by atoms with Gasteiger partial charge in [-0.15, -0.1) is 0 Å². The second-order valence-corrected chi connectivity index (χ2v) is 8.90. The van der Waals surface area contributed by atoms with E-state index in [1.165, 1.54) is 19.1 Å². The molecule has 3 atom stereocenters. The van der Waals surface area contributed by atoms with Gasteiger partial charge < -0.3 is 35.0 Å². The summed E-state index contributed by atoms with van der Waals surface area (Å²) >= 11 is 0. The maximum Gasteiger partial charge on any atom is 0.349 e. The van der Waals surface area contributed by atoms with Gasteiger partial charge in [-0.3, -0.25) is 4.79 Å². The number of aliphatic carboxylic acids is 2. The molecule has 0 spiro atoms. The van der Waals surface area contributed by atoms with Gasteiger partial charge in [0.15, 0.2) is 0 Å². The van der Waals surface area contributed by atoms with Gasteiger partial charge in [-0.1, -0.05) is 31.2 Å². The maximum atomic E-state index is 11.2. The van der Waals surface area contributed by atoms with Crippen LogP contribution in [0, 0.1) is 5.92 Å². The molecule has 198 valence electrons. The molecule has 3 unspecified atom stereocenters. The van der Waals surface area contributed by atoms with E-state index in [2.05, 4.69) is 0 Å². The molecule has 0 aromatic heterocycles. The van der Waals surface area contributed by atoms with Crippen LogP contribution in [0.5, 0.6) is 11.5 Å². The lowest BCUT2D eigenvalue weighted by molar-refractivity contribution is -0.143. The molecule has 37 heavy (non-hydrogen) atoms. The van der Waals surface area contributed by atoms with E-state index in [1.807, 2.05) is 25.1 Å². The Balaban J connectivity index is 1.63. The van der Waals surface area contributed by atoms with Crippen molar-refractivity contribution < 1.29 is 44.6 Å². The van der Waals surface area contributed by atoms with Crippen molar-refractivity contribution in [3.8, 4) is 11.5 Å². The summed E-state index contributed by atoms with van der Waals surface area (Å²) in [6.45, 7) is 3.40. The second-order valence-electron chi connectivity index (χ2n) is 8.90. The van der Waals surface area contributed by atoms with Crippen molar-refractivity contribution in [2.75, 3.05) is 6.61 Å². The number of carbonyl (C=O) groups is 2. The van der Waals surface area contributed by atoms with Crippen LogP contribution in [0.2, 0.25) is 0 Å². The highest BCUT2D eigenvalue weighted by atomic mass is 16.5. The predicted molar refractivity (Wildman–Crippen MR) is 137 cm³/mol. The Labute approximate surface area is 214 Å². The number of hydrogen-bond acceptors (Lipinski definition) is 7. The van der Waals surface area contributed by atoms with Crippen molar-refractivity contribution in [2.24, 2.45) is 5.92 Å². The fourth-order valence-corrected chi connectivity index (χ4v) is 4.18. The quantitative estimate of drug-likeness (QED) is 0.261. The lowest BCUT2D eigenvalue weighted by Crippen LogP contribution is -2.28. The summed E-state index contributed by atoms with van der Waals surface area (Å²) in [6.07, 6.45) is 2.46. The monoisotopic (exact) mass is 512 g/mol. The first kappa shape index (κ1) is 27.6. The fraction of sp³-hybridized carbons (Fsp3) is 0.357. The Hall–Kier alpha value is -3.98. The Bertz CT molecular complexity index is 1200. The van der Waals surface area contributed by atoms with Crippen LogP contribution in [0.25, 0.3) is 11.5 Å². The van der Waals surface area contributed by atoms with E-state index in [0.717, 1.165) is 17.2 Å². The van der Waals surface area contributed by atoms with Crippen LogP contribution in [0.1, 0.15) is 48.9 Å². The van der Waals surface area contributed by atoms with E-state index in [4.69, 9.17) is 14.6 Å². The number of hydrogen-bond donors (Lipinski definition) is 5. The Morgan fingerprint density at radius 2 is 1.81 bits per heavy atom. The van der Waals surface area contributed by atoms with Gasteiger partial charge in [0.25, 0.3) is 0 Å².